The van der Waals surface area contributed by atoms with Gasteiger partial charge in [-0.3, -0.25) is 19.5 Å². The molecule has 0 N–H and O–H groups in total. The zero-order valence-electron chi connectivity index (χ0n) is 16.2. The fourth-order valence-electron chi connectivity index (χ4n) is 2.94. The lowest BCUT2D eigenvalue weighted by Crippen LogP contribution is -2.31. The van der Waals surface area contributed by atoms with E-state index in [2.05, 4.69) is 0 Å². The summed E-state index contributed by atoms with van der Waals surface area (Å²) in [5, 5.41) is 11.4. The Labute approximate surface area is 176 Å². The van der Waals surface area contributed by atoms with E-state index in [0.29, 0.717) is 35.9 Å². The molecule has 3 aromatic rings. The lowest BCUT2D eigenvalue weighted by atomic mass is 10.2. The SMILES string of the molecule is CN(CCOc1cccc(Cl)c1)C(=O)CCCn1c(=O)oc2cc([N+](=O)[O-])ccc21. The second-order valence-corrected chi connectivity index (χ2v) is 7.09. The van der Waals surface area contributed by atoms with Gasteiger partial charge in [-0.1, -0.05) is 17.7 Å². The van der Waals surface area contributed by atoms with Crippen LogP contribution in [0.5, 0.6) is 5.75 Å². The molecular formula is C20H20ClN3O6. The molecule has 0 radical (unpaired) electrons. The summed E-state index contributed by atoms with van der Waals surface area (Å²) in [6.45, 7) is 0.999. The number of hydrogen-bond donors (Lipinski definition) is 0. The van der Waals surface area contributed by atoms with Crippen LogP contribution in [0.15, 0.2) is 51.7 Å². The molecular weight excluding hydrogens is 414 g/mol. The fourth-order valence-corrected chi connectivity index (χ4v) is 3.12. The van der Waals surface area contributed by atoms with Gasteiger partial charge < -0.3 is 14.1 Å². The van der Waals surface area contributed by atoms with Crippen LogP contribution in [0.4, 0.5) is 5.69 Å². The number of carbonyl (C=O) groups excluding carboxylic acids is 1. The number of benzene rings is 2. The van der Waals surface area contributed by atoms with Crippen molar-refractivity contribution >= 4 is 34.3 Å². The predicted molar refractivity (Wildman–Crippen MR) is 111 cm³/mol. The van der Waals surface area contributed by atoms with E-state index >= 15 is 0 Å². The van der Waals surface area contributed by atoms with Crippen molar-refractivity contribution < 1.29 is 18.9 Å². The van der Waals surface area contributed by atoms with Crippen LogP contribution in [0.2, 0.25) is 5.02 Å². The summed E-state index contributed by atoms with van der Waals surface area (Å²) in [4.78, 5) is 36.2. The summed E-state index contributed by atoms with van der Waals surface area (Å²) in [5.41, 5.74) is 0.456. The maximum absolute atomic E-state index is 12.3. The number of nitrogens with zero attached hydrogens (tertiary/aromatic N) is 3. The lowest BCUT2D eigenvalue weighted by Gasteiger charge is -2.17. The van der Waals surface area contributed by atoms with Gasteiger partial charge in [-0.25, -0.2) is 4.79 Å². The highest BCUT2D eigenvalue weighted by Crippen LogP contribution is 2.20. The second kappa shape index (κ2) is 9.45. The van der Waals surface area contributed by atoms with Gasteiger partial charge in [0.05, 0.1) is 23.1 Å². The highest BCUT2D eigenvalue weighted by molar-refractivity contribution is 6.30. The van der Waals surface area contributed by atoms with Crippen molar-refractivity contribution in [1.29, 1.82) is 0 Å². The van der Waals surface area contributed by atoms with Gasteiger partial charge in [-0.15, -0.1) is 0 Å². The van der Waals surface area contributed by atoms with E-state index in [0.717, 1.165) is 0 Å². The van der Waals surface area contributed by atoms with Crippen molar-refractivity contribution in [2.75, 3.05) is 20.2 Å². The zero-order chi connectivity index (χ0) is 21.7. The van der Waals surface area contributed by atoms with Crippen LogP contribution in [0, 0.1) is 10.1 Å². The minimum atomic E-state index is -0.610. The standard InChI is InChI=1S/C20H20ClN3O6/c1-22(10-11-29-16-5-2-4-14(21)12-16)19(25)6-3-9-23-17-8-7-15(24(27)28)13-18(17)30-20(23)26/h2,4-5,7-8,12-13H,3,6,9-11H2,1H3. The maximum atomic E-state index is 12.3. The molecule has 1 heterocycles. The molecule has 0 saturated heterocycles. The molecule has 0 bridgehead atoms. The molecule has 0 aliphatic carbocycles. The molecule has 9 nitrogen and oxygen atoms in total. The van der Waals surface area contributed by atoms with Crippen molar-refractivity contribution in [1.82, 2.24) is 9.47 Å². The number of aryl methyl sites for hydroxylation is 1. The van der Waals surface area contributed by atoms with Gasteiger partial charge in [0.2, 0.25) is 5.91 Å². The molecule has 30 heavy (non-hydrogen) atoms. The molecule has 0 fully saturated rings. The fraction of sp³-hybridized carbons (Fsp3) is 0.300. The largest absolute Gasteiger partial charge is 0.492 e. The molecule has 0 atom stereocenters. The number of non-ortho nitro benzene ring substituents is 1. The first-order chi connectivity index (χ1) is 14.3. The van der Waals surface area contributed by atoms with Crippen LogP contribution >= 0.6 is 11.6 Å². The number of amides is 1. The number of ether oxygens (including phenoxy) is 1. The number of aromatic nitrogens is 1. The van der Waals surface area contributed by atoms with Crippen molar-refractivity contribution in [3.05, 3.63) is 68.2 Å². The van der Waals surface area contributed by atoms with Gasteiger partial charge in [0.25, 0.3) is 5.69 Å². The first-order valence-electron chi connectivity index (χ1n) is 9.25. The Hall–Kier alpha value is -3.33. The van der Waals surface area contributed by atoms with E-state index in [1.807, 2.05) is 0 Å². The first kappa shape index (κ1) is 21.4. The van der Waals surface area contributed by atoms with Crippen molar-refractivity contribution in [2.45, 2.75) is 19.4 Å². The van der Waals surface area contributed by atoms with E-state index in [1.165, 1.54) is 22.8 Å². The van der Waals surface area contributed by atoms with Crippen LogP contribution in [0.25, 0.3) is 11.1 Å². The van der Waals surface area contributed by atoms with Gasteiger partial charge in [0.1, 0.15) is 12.4 Å². The van der Waals surface area contributed by atoms with E-state index in [-0.39, 0.29) is 30.1 Å². The summed E-state index contributed by atoms with van der Waals surface area (Å²) < 4.78 is 12.0. The minimum absolute atomic E-state index is 0.0822. The summed E-state index contributed by atoms with van der Waals surface area (Å²) >= 11 is 5.90. The monoisotopic (exact) mass is 433 g/mol. The average Bonchev–Trinajstić information content (AvgIpc) is 3.02. The number of nitro benzene ring substituents is 1. The zero-order valence-corrected chi connectivity index (χ0v) is 17.0. The lowest BCUT2D eigenvalue weighted by molar-refractivity contribution is -0.384. The van der Waals surface area contributed by atoms with Crippen LogP contribution < -0.4 is 10.5 Å². The van der Waals surface area contributed by atoms with Crippen molar-refractivity contribution in [3.63, 3.8) is 0 Å². The van der Waals surface area contributed by atoms with Crippen LogP contribution in [-0.4, -0.2) is 40.5 Å². The van der Waals surface area contributed by atoms with Crippen LogP contribution in [-0.2, 0) is 11.3 Å². The topological polar surface area (TPSA) is 108 Å². The number of oxazole rings is 1. The maximum Gasteiger partial charge on any atom is 0.419 e. The van der Waals surface area contributed by atoms with E-state index in [1.54, 1.807) is 36.2 Å². The normalized spacial score (nSPS) is 10.9. The Bertz CT molecular complexity index is 1120. The third-order valence-corrected chi connectivity index (χ3v) is 4.79. The molecule has 3 rings (SSSR count). The highest BCUT2D eigenvalue weighted by atomic mass is 35.5. The molecule has 0 aliphatic heterocycles. The summed E-state index contributed by atoms with van der Waals surface area (Å²) in [5.74, 6) is -0.0581. The Balaban J connectivity index is 1.49. The van der Waals surface area contributed by atoms with Gasteiger partial charge in [-0.05, 0) is 30.7 Å². The Morgan fingerprint density at radius 3 is 2.83 bits per heavy atom. The number of fused-ring (bicyclic) bond motifs is 1. The third kappa shape index (κ3) is 5.18. The molecule has 1 amide bonds. The Kier molecular flexibility index (Phi) is 6.73. The average molecular weight is 434 g/mol. The van der Waals surface area contributed by atoms with Crippen molar-refractivity contribution in [3.8, 4) is 5.75 Å². The van der Waals surface area contributed by atoms with Gasteiger partial charge in [0, 0.05) is 31.1 Å². The number of hydrogen-bond acceptors (Lipinski definition) is 6. The minimum Gasteiger partial charge on any atom is -0.492 e. The molecule has 10 heteroatoms. The van der Waals surface area contributed by atoms with Gasteiger partial charge in [-0.2, -0.15) is 0 Å². The van der Waals surface area contributed by atoms with E-state index < -0.39 is 10.7 Å². The summed E-state index contributed by atoms with van der Waals surface area (Å²) in [6, 6.07) is 11.0. The molecule has 0 unspecified atom stereocenters. The van der Waals surface area contributed by atoms with Crippen LogP contribution in [0.3, 0.4) is 0 Å². The molecule has 0 aliphatic rings. The predicted octanol–water partition coefficient (Wildman–Crippen LogP) is 3.47. The number of rotatable bonds is 9. The summed E-state index contributed by atoms with van der Waals surface area (Å²) in [7, 11) is 1.68. The second-order valence-electron chi connectivity index (χ2n) is 6.65. The summed E-state index contributed by atoms with van der Waals surface area (Å²) in [6.07, 6.45) is 0.656. The quantitative estimate of drug-likeness (QED) is 0.377. The van der Waals surface area contributed by atoms with Gasteiger partial charge in [0.15, 0.2) is 5.58 Å². The molecule has 2 aromatic carbocycles. The highest BCUT2D eigenvalue weighted by Gasteiger charge is 2.15. The van der Waals surface area contributed by atoms with Gasteiger partial charge >= 0.3 is 5.76 Å². The number of carbonyl (C=O) groups is 1. The number of nitro groups is 1. The van der Waals surface area contributed by atoms with Crippen LogP contribution in [0.1, 0.15) is 12.8 Å². The Morgan fingerprint density at radius 2 is 2.10 bits per heavy atom. The first-order valence-corrected chi connectivity index (χ1v) is 9.63. The molecule has 0 saturated carbocycles. The smallest absolute Gasteiger partial charge is 0.419 e. The number of likely N-dealkylation sites (N-methyl/N-ethyl adjacent to an activating group) is 1. The molecule has 1 aromatic heterocycles. The molecule has 0 spiro atoms. The van der Waals surface area contributed by atoms with Crippen molar-refractivity contribution in [2.24, 2.45) is 0 Å². The van der Waals surface area contributed by atoms with E-state index in [4.69, 9.17) is 20.8 Å². The van der Waals surface area contributed by atoms with E-state index in [9.17, 15) is 19.7 Å². The Morgan fingerprint density at radius 1 is 1.30 bits per heavy atom. The molecule has 158 valence electrons. The third-order valence-electron chi connectivity index (χ3n) is 4.55. The number of halogens is 1.